The summed E-state index contributed by atoms with van der Waals surface area (Å²) >= 11 is 0. The average molecular weight is 136 g/mol. The van der Waals surface area contributed by atoms with Gasteiger partial charge in [0, 0.05) is 12.1 Å². The highest BCUT2D eigenvalue weighted by Crippen LogP contribution is 2.30. The van der Waals surface area contributed by atoms with Crippen molar-refractivity contribution in [2.24, 2.45) is 0 Å². The molecule has 0 saturated heterocycles. The van der Waals surface area contributed by atoms with Crippen LogP contribution in [0.2, 0.25) is 0 Å². The fourth-order valence-corrected chi connectivity index (χ4v) is 1.43. The van der Waals surface area contributed by atoms with Gasteiger partial charge in [-0.25, -0.2) is 0 Å². The van der Waals surface area contributed by atoms with Gasteiger partial charge in [0.25, 0.3) is 0 Å². The lowest BCUT2D eigenvalue weighted by atomic mass is 10.1. The number of nitrogens with one attached hydrogen (secondary N) is 1. The van der Waals surface area contributed by atoms with Crippen molar-refractivity contribution in [2.75, 3.05) is 0 Å². The molecule has 1 saturated carbocycles. The predicted octanol–water partition coefficient (Wildman–Crippen LogP) is 1.30. The van der Waals surface area contributed by atoms with Gasteiger partial charge in [-0.1, -0.05) is 18.1 Å². The van der Waals surface area contributed by atoms with E-state index in [1.54, 1.807) is 0 Å². The Balaban J connectivity index is 2.12. The van der Waals surface area contributed by atoms with E-state index in [0.29, 0.717) is 0 Å². The van der Waals surface area contributed by atoms with Crippen molar-refractivity contribution in [2.45, 2.75) is 25.7 Å². The molecule has 0 atom stereocenters. The van der Waals surface area contributed by atoms with E-state index in [1.165, 1.54) is 31.6 Å². The first-order chi connectivity index (χ1) is 4.97. The van der Waals surface area contributed by atoms with Crippen molar-refractivity contribution < 1.29 is 0 Å². The summed E-state index contributed by atoms with van der Waals surface area (Å²) in [7, 11) is 0. The van der Waals surface area contributed by atoms with Crippen LogP contribution in [-0.4, -0.2) is 15.4 Å². The Morgan fingerprint density at radius 1 is 1.30 bits per heavy atom. The van der Waals surface area contributed by atoms with Gasteiger partial charge in [-0.3, -0.25) is 5.10 Å². The second-order valence-electron chi connectivity index (χ2n) is 2.67. The van der Waals surface area contributed by atoms with Gasteiger partial charge >= 0.3 is 0 Å². The van der Waals surface area contributed by atoms with Crippen LogP contribution < -0.4 is 0 Å². The highest BCUT2D eigenvalue weighted by atomic mass is 15.3. The largest absolute Gasteiger partial charge is 0.265 e. The monoisotopic (exact) mass is 136 g/mol. The maximum atomic E-state index is 3.96. The molecule has 1 aromatic rings. The number of rotatable bonds is 1. The summed E-state index contributed by atoms with van der Waals surface area (Å²) in [4.78, 5) is 0. The van der Waals surface area contributed by atoms with Gasteiger partial charge < -0.3 is 0 Å². The lowest BCUT2D eigenvalue weighted by Crippen LogP contribution is -1.92. The van der Waals surface area contributed by atoms with Crippen LogP contribution in [0.5, 0.6) is 0 Å². The number of H-pyrrole nitrogens is 1. The van der Waals surface area contributed by atoms with Gasteiger partial charge in [-0.15, -0.1) is 5.10 Å². The van der Waals surface area contributed by atoms with E-state index in [1.807, 2.05) is 6.20 Å². The maximum absolute atomic E-state index is 3.96. The summed E-state index contributed by atoms with van der Waals surface area (Å²) in [6.45, 7) is 0. The van der Waals surface area contributed by atoms with Crippen molar-refractivity contribution in [3.05, 3.63) is 17.8 Å². The summed E-state index contributed by atoms with van der Waals surface area (Å²) in [6, 6.07) is 0. The molecule has 0 unspecified atom stereocenters. The summed E-state index contributed by atoms with van der Waals surface area (Å²) in [5.74, 6) is 1.47. The molecule has 1 aliphatic carbocycles. The van der Waals surface area contributed by atoms with Gasteiger partial charge in [-0.2, -0.15) is 0 Å². The summed E-state index contributed by atoms with van der Waals surface area (Å²) in [5.41, 5.74) is 1.07. The van der Waals surface area contributed by atoms with Crippen molar-refractivity contribution in [3.63, 3.8) is 0 Å². The van der Waals surface area contributed by atoms with Gasteiger partial charge in [0.05, 0.1) is 5.69 Å². The molecule has 0 aliphatic heterocycles. The molecule has 1 aliphatic rings. The molecule has 0 aromatic carbocycles. The van der Waals surface area contributed by atoms with Gasteiger partial charge in [-0.05, 0) is 12.8 Å². The Bertz CT molecular complexity index is 187. The standard InChI is InChI=1S/C7H10N3/c1-2-4-6(3-1)7-5-8-10-9-7/h5H,1-4H2,(H,8,9,10). The summed E-state index contributed by atoms with van der Waals surface area (Å²) in [6.07, 6.45) is 6.95. The van der Waals surface area contributed by atoms with Crippen molar-refractivity contribution in [1.29, 1.82) is 0 Å². The summed E-state index contributed by atoms with van der Waals surface area (Å²) in [5, 5.41) is 10.4. The second kappa shape index (κ2) is 2.40. The highest BCUT2D eigenvalue weighted by Gasteiger charge is 2.19. The molecule has 3 heteroatoms. The van der Waals surface area contributed by atoms with Gasteiger partial charge in [0.1, 0.15) is 0 Å². The van der Waals surface area contributed by atoms with Crippen molar-refractivity contribution >= 4 is 0 Å². The van der Waals surface area contributed by atoms with E-state index in [2.05, 4.69) is 15.4 Å². The van der Waals surface area contributed by atoms with Crippen LogP contribution in [0.4, 0.5) is 0 Å². The number of aromatic amines is 1. The van der Waals surface area contributed by atoms with E-state index in [4.69, 9.17) is 0 Å². The van der Waals surface area contributed by atoms with Gasteiger partial charge in [0.2, 0.25) is 0 Å². The van der Waals surface area contributed by atoms with Crippen LogP contribution in [0.25, 0.3) is 0 Å². The first-order valence-corrected chi connectivity index (χ1v) is 3.68. The number of hydrogen-bond acceptors (Lipinski definition) is 2. The zero-order valence-corrected chi connectivity index (χ0v) is 5.80. The molecule has 0 bridgehead atoms. The van der Waals surface area contributed by atoms with E-state index in [0.717, 1.165) is 5.69 Å². The van der Waals surface area contributed by atoms with Crippen LogP contribution in [0, 0.1) is 5.92 Å². The Kier molecular flexibility index (Phi) is 1.42. The van der Waals surface area contributed by atoms with Crippen LogP contribution in [-0.2, 0) is 0 Å². The molecule has 2 rings (SSSR count). The summed E-state index contributed by atoms with van der Waals surface area (Å²) < 4.78 is 0. The Hall–Kier alpha value is -0.860. The first kappa shape index (κ1) is 5.89. The molecule has 0 spiro atoms. The fourth-order valence-electron chi connectivity index (χ4n) is 1.43. The Morgan fingerprint density at radius 2 is 2.10 bits per heavy atom. The normalized spacial score (nSPS) is 20.0. The fraction of sp³-hybridized carbons (Fsp3) is 0.571. The number of nitrogens with zero attached hydrogens (tertiary/aromatic N) is 2. The molecular formula is C7H10N3. The minimum atomic E-state index is 1.07. The third-order valence-corrected chi connectivity index (χ3v) is 1.99. The zero-order chi connectivity index (χ0) is 6.81. The molecule has 1 N–H and O–H groups in total. The third kappa shape index (κ3) is 0.916. The van der Waals surface area contributed by atoms with E-state index in [9.17, 15) is 0 Å². The molecule has 1 aromatic heterocycles. The minimum absolute atomic E-state index is 1.07. The molecule has 0 amide bonds. The molecule has 3 nitrogen and oxygen atoms in total. The van der Waals surface area contributed by atoms with Crippen molar-refractivity contribution in [3.8, 4) is 0 Å². The molecule has 10 heavy (non-hydrogen) atoms. The molecule has 53 valence electrons. The Labute approximate surface area is 59.8 Å². The second-order valence-corrected chi connectivity index (χ2v) is 2.67. The third-order valence-electron chi connectivity index (χ3n) is 1.99. The quantitative estimate of drug-likeness (QED) is 0.632. The molecular weight excluding hydrogens is 126 g/mol. The number of hydrogen-bond donors (Lipinski definition) is 1. The minimum Gasteiger partial charge on any atom is -0.265 e. The van der Waals surface area contributed by atoms with Gasteiger partial charge in [0.15, 0.2) is 0 Å². The number of aromatic nitrogens is 3. The van der Waals surface area contributed by atoms with E-state index in [-0.39, 0.29) is 0 Å². The van der Waals surface area contributed by atoms with Crippen LogP contribution in [0.3, 0.4) is 0 Å². The average Bonchev–Trinajstić information content (AvgIpc) is 2.59. The SMILES string of the molecule is c1[nH]nnc1[C]1CCCC1. The molecule has 1 radical (unpaired) electrons. The lowest BCUT2D eigenvalue weighted by Gasteiger charge is -1.99. The first-order valence-electron chi connectivity index (χ1n) is 3.68. The van der Waals surface area contributed by atoms with Crippen LogP contribution in [0.15, 0.2) is 6.20 Å². The molecule has 1 fully saturated rings. The van der Waals surface area contributed by atoms with E-state index < -0.39 is 0 Å². The van der Waals surface area contributed by atoms with Crippen LogP contribution in [0.1, 0.15) is 31.4 Å². The van der Waals surface area contributed by atoms with Crippen molar-refractivity contribution in [1.82, 2.24) is 15.4 Å². The zero-order valence-electron chi connectivity index (χ0n) is 5.80. The molecule has 1 heterocycles. The lowest BCUT2D eigenvalue weighted by molar-refractivity contribution is 0.879. The predicted molar refractivity (Wildman–Crippen MR) is 37.2 cm³/mol. The van der Waals surface area contributed by atoms with Crippen LogP contribution >= 0.6 is 0 Å². The van der Waals surface area contributed by atoms with E-state index >= 15 is 0 Å². The highest BCUT2D eigenvalue weighted by molar-refractivity contribution is 5.20. The maximum Gasteiger partial charge on any atom is 0.0895 e. The smallest absolute Gasteiger partial charge is 0.0895 e. The Morgan fingerprint density at radius 3 is 2.70 bits per heavy atom. The topological polar surface area (TPSA) is 41.6 Å².